The zero-order valence-corrected chi connectivity index (χ0v) is 15.9. The van der Waals surface area contributed by atoms with Gasteiger partial charge in [-0.2, -0.15) is 0 Å². The van der Waals surface area contributed by atoms with Gasteiger partial charge in [-0.05, 0) is 31.0 Å². The van der Waals surface area contributed by atoms with Gasteiger partial charge in [0.2, 0.25) is 0 Å². The topological polar surface area (TPSA) is 46.6 Å². The van der Waals surface area contributed by atoms with Crippen LogP contribution in [0.3, 0.4) is 0 Å². The second kappa shape index (κ2) is 8.41. The summed E-state index contributed by atoms with van der Waals surface area (Å²) in [7, 11) is 0. The SMILES string of the molecule is Cc1ccc(CC(=O)OCC(=O)N2CC[C@@H](C)Sc3ccccc32)cc1. The largest absolute Gasteiger partial charge is 0.455 e. The van der Waals surface area contributed by atoms with Gasteiger partial charge in [0.1, 0.15) is 0 Å². The van der Waals surface area contributed by atoms with E-state index in [-0.39, 0.29) is 24.9 Å². The van der Waals surface area contributed by atoms with Crippen LogP contribution >= 0.6 is 11.8 Å². The van der Waals surface area contributed by atoms with E-state index in [0.717, 1.165) is 28.1 Å². The summed E-state index contributed by atoms with van der Waals surface area (Å²) in [5.41, 5.74) is 2.93. The average Bonchev–Trinajstić information content (AvgIpc) is 2.80. The van der Waals surface area contributed by atoms with E-state index in [1.54, 1.807) is 16.7 Å². The maximum atomic E-state index is 12.7. The van der Waals surface area contributed by atoms with Crippen molar-refractivity contribution in [2.24, 2.45) is 0 Å². The van der Waals surface area contributed by atoms with Crippen LogP contribution in [0.25, 0.3) is 0 Å². The van der Waals surface area contributed by atoms with Gasteiger partial charge in [-0.25, -0.2) is 0 Å². The van der Waals surface area contributed by atoms with Crippen molar-refractivity contribution in [2.75, 3.05) is 18.1 Å². The third kappa shape index (κ3) is 4.67. The molecule has 0 saturated carbocycles. The lowest BCUT2D eigenvalue weighted by Crippen LogP contribution is -2.36. The number of nitrogens with zero attached hydrogens (tertiary/aromatic N) is 1. The Morgan fingerprint density at radius 1 is 1.15 bits per heavy atom. The number of benzene rings is 2. The lowest BCUT2D eigenvalue weighted by Gasteiger charge is -2.22. The third-order valence-electron chi connectivity index (χ3n) is 4.37. The number of ether oxygens (including phenoxy) is 1. The summed E-state index contributed by atoms with van der Waals surface area (Å²) in [4.78, 5) is 27.5. The minimum Gasteiger partial charge on any atom is -0.455 e. The van der Waals surface area contributed by atoms with E-state index in [1.807, 2.05) is 55.5 Å². The monoisotopic (exact) mass is 369 g/mol. The molecule has 4 nitrogen and oxygen atoms in total. The van der Waals surface area contributed by atoms with Gasteiger partial charge in [0, 0.05) is 16.7 Å². The second-order valence-corrected chi connectivity index (χ2v) is 8.03. The Kier molecular flexibility index (Phi) is 5.99. The van der Waals surface area contributed by atoms with Crippen LogP contribution in [-0.4, -0.2) is 30.3 Å². The zero-order chi connectivity index (χ0) is 18.5. The molecule has 1 amide bonds. The van der Waals surface area contributed by atoms with E-state index in [2.05, 4.69) is 6.92 Å². The van der Waals surface area contributed by atoms with Crippen LogP contribution in [0.15, 0.2) is 53.4 Å². The van der Waals surface area contributed by atoms with Crippen LogP contribution in [0.2, 0.25) is 0 Å². The molecule has 0 unspecified atom stereocenters. The molecule has 1 atom stereocenters. The highest BCUT2D eigenvalue weighted by molar-refractivity contribution is 8.00. The Balaban J connectivity index is 1.61. The maximum absolute atomic E-state index is 12.7. The molecule has 2 aromatic rings. The number of thioether (sulfide) groups is 1. The minimum absolute atomic E-state index is 0.176. The quantitative estimate of drug-likeness (QED) is 0.765. The van der Waals surface area contributed by atoms with Gasteiger partial charge in [-0.3, -0.25) is 9.59 Å². The first-order valence-corrected chi connectivity index (χ1v) is 9.68. The van der Waals surface area contributed by atoms with Crippen LogP contribution in [0.1, 0.15) is 24.5 Å². The summed E-state index contributed by atoms with van der Waals surface area (Å²) in [5, 5.41) is 0.443. The summed E-state index contributed by atoms with van der Waals surface area (Å²) in [6, 6.07) is 15.6. The highest BCUT2D eigenvalue weighted by Gasteiger charge is 2.24. The number of aryl methyl sites for hydroxylation is 1. The van der Waals surface area contributed by atoms with Crippen molar-refractivity contribution in [1.82, 2.24) is 0 Å². The molecule has 26 heavy (non-hydrogen) atoms. The van der Waals surface area contributed by atoms with Gasteiger partial charge in [-0.15, -0.1) is 11.8 Å². The lowest BCUT2D eigenvalue weighted by atomic mass is 10.1. The number of para-hydroxylation sites is 1. The number of amides is 1. The first-order chi connectivity index (χ1) is 12.5. The molecule has 136 valence electrons. The van der Waals surface area contributed by atoms with Crippen molar-refractivity contribution in [2.45, 2.75) is 36.8 Å². The number of esters is 1. The molecular formula is C21H23NO3S. The Morgan fingerprint density at radius 3 is 2.65 bits per heavy atom. The van der Waals surface area contributed by atoms with Crippen molar-refractivity contribution >= 4 is 29.3 Å². The summed E-state index contributed by atoms with van der Waals surface area (Å²) in [6.45, 7) is 4.58. The predicted octanol–water partition coefficient (Wildman–Crippen LogP) is 4.00. The van der Waals surface area contributed by atoms with Crippen molar-refractivity contribution in [1.29, 1.82) is 0 Å². The Hall–Kier alpha value is -2.27. The maximum Gasteiger partial charge on any atom is 0.310 e. The van der Waals surface area contributed by atoms with E-state index in [4.69, 9.17) is 4.74 Å². The van der Waals surface area contributed by atoms with Gasteiger partial charge in [0.05, 0.1) is 12.1 Å². The fraction of sp³-hybridized carbons (Fsp3) is 0.333. The van der Waals surface area contributed by atoms with E-state index >= 15 is 0 Å². The first kappa shape index (κ1) is 18.5. The summed E-state index contributed by atoms with van der Waals surface area (Å²) in [5.74, 6) is -0.558. The molecule has 1 heterocycles. The molecule has 0 aromatic heterocycles. The highest BCUT2D eigenvalue weighted by atomic mass is 32.2. The molecule has 0 bridgehead atoms. The molecule has 0 fully saturated rings. The van der Waals surface area contributed by atoms with Crippen LogP contribution in [-0.2, 0) is 20.7 Å². The number of carbonyl (C=O) groups excluding carboxylic acids is 2. The predicted molar refractivity (Wildman–Crippen MR) is 105 cm³/mol. The van der Waals surface area contributed by atoms with Gasteiger partial charge >= 0.3 is 5.97 Å². The standard InChI is InChI=1S/C21H23NO3S/c1-15-7-9-17(10-8-15)13-21(24)25-14-20(23)22-12-11-16(2)26-19-6-4-3-5-18(19)22/h3-10,16H,11-14H2,1-2H3/t16-/m1/s1. The number of hydrogen-bond donors (Lipinski definition) is 0. The van der Waals surface area contributed by atoms with E-state index < -0.39 is 0 Å². The second-order valence-electron chi connectivity index (χ2n) is 6.55. The number of carbonyl (C=O) groups is 2. The smallest absolute Gasteiger partial charge is 0.310 e. The molecule has 3 rings (SSSR count). The van der Waals surface area contributed by atoms with Gasteiger partial charge in [0.15, 0.2) is 6.61 Å². The normalized spacial score (nSPS) is 16.5. The molecule has 1 aliphatic rings. The van der Waals surface area contributed by atoms with Crippen LogP contribution in [0.4, 0.5) is 5.69 Å². The van der Waals surface area contributed by atoms with Crippen molar-refractivity contribution < 1.29 is 14.3 Å². The number of rotatable bonds is 4. The number of anilines is 1. The minimum atomic E-state index is -0.381. The van der Waals surface area contributed by atoms with E-state index in [1.165, 1.54) is 0 Å². The van der Waals surface area contributed by atoms with Gasteiger partial charge < -0.3 is 9.64 Å². The molecule has 0 N–H and O–H groups in total. The number of fused-ring (bicyclic) bond motifs is 1. The molecule has 0 radical (unpaired) electrons. The molecule has 0 saturated heterocycles. The fourth-order valence-electron chi connectivity index (χ4n) is 2.89. The molecule has 5 heteroatoms. The van der Waals surface area contributed by atoms with Crippen LogP contribution in [0.5, 0.6) is 0 Å². The van der Waals surface area contributed by atoms with Gasteiger partial charge in [-0.1, -0.05) is 48.9 Å². The van der Waals surface area contributed by atoms with Crippen molar-refractivity contribution in [3.63, 3.8) is 0 Å². The lowest BCUT2D eigenvalue weighted by molar-refractivity contribution is -0.147. The highest BCUT2D eigenvalue weighted by Crippen LogP contribution is 2.37. The molecule has 1 aliphatic heterocycles. The Morgan fingerprint density at radius 2 is 1.88 bits per heavy atom. The summed E-state index contributed by atoms with van der Waals surface area (Å²) >= 11 is 1.78. The summed E-state index contributed by atoms with van der Waals surface area (Å²) in [6.07, 6.45) is 1.08. The fourth-order valence-corrected chi connectivity index (χ4v) is 4.00. The molecule has 0 aliphatic carbocycles. The third-order valence-corrected chi connectivity index (χ3v) is 5.61. The average molecular weight is 369 g/mol. The molecule has 0 spiro atoms. The Labute approximate surface area is 158 Å². The van der Waals surface area contributed by atoms with Crippen LogP contribution < -0.4 is 4.90 Å². The van der Waals surface area contributed by atoms with E-state index in [9.17, 15) is 9.59 Å². The van der Waals surface area contributed by atoms with Gasteiger partial charge in [0.25, 0.3) is 5.91 Å². The number of hydrogen-bond acceptors (Lipinski definition) is 4. The Bertz CT molecular complexity index is 788. The zero-order valence-electron chi connectivity index (χ0n) is 15.1. The molecule has 2 aromatic carbocycles. The van der Waals surface area contributed by atoms with E-state index in [0.29, 0.717) is 11.8 Å². The van der Waals surface area contributed by atoms with Crippen molar-refractivity contribution in [3.8, 4) is 0 Å². The van der Waals surface area contributed by atoms with Crippen LogP contribution in [0, 0.1) is 6.92 Å². The summed E-state index contributed by atoms with van der Waals surface area (Å²) < 4.78 is 5.24. The first-order valence-electron chi connectivity index (χ1n) is 8.80. The molecular weight excluding hydrogens is 346 g/mol. The van der Waals surface area contributed by atoms with Crippen molar-refractivity contribution in [3.05, 3.63) is 59.7 Å².